The van der Waals surface area contributed by atoms with Crippen molar-refractivity contribution in [3.05, 3.63) is 66.0 Å². The standard InChI is InChI=1S/C17H12N6O2/c18-11-13-3-1-2-12(10-13)4-5-15(24)21-22-17-20-16(23-25-17)14-6-8-19-9-7-14/h1-10H,(H,21,24)(H,20,22,23)/b5-4+. The molecule has 0 aliphatic rings. The number of carbonyl (C=O) groups excluding carboxylic acids is 1. The Labute approximate surface area is 142 Å². The minimum Gasteiger partial charge on any atom is -0.313 e. The molecule has 3 rings (SSSR count). The Morgan fingerprint density at radius 2 is 2.08 bits per heavy atom. The first-order valence-corrected chi connectivity index (χ1v) is 7.23. The molecule has 0 unspecified atom stereocenters. The van der Waals surface area contributed by atoms with Crippen molar-refractivity contribution in [1.82, 2.24) is 20.6 Å². The molecule has 0 aliphatic heterocycles. The van der Waals surface area contributed by atoms with Gasteiger partial charge in [-0.15, -0.1) is 0 Å². The van der Waals surface area contributed by atoms with Gasteiger partial charge in [0.25, 0.3) is 5.91 Å². The number of amides is 1. The number of nitriles is 1. The van der Waals surface area contributed by atoms with Crippen LogP contribution in [0.2, 0.25) is 0 Å². The summed E-state index contributed by atoms with van der Waals surface area (Å²) in [7, 11) is 0. The normalized spacial score (nSPS) is 10.4. The predicted octanol–water partition coefficient (Wildman–Crippen LogP) is 2.16. The number of pyridine rings is 1. The summed E-state index contributed by atoms with van der Waals surface area (Å²) in [6.45, 7) is 0. The van der Waals surface area contributed by atoms with Gasteiger partial charge in [0.15, 0.2) is 0 Å². The van der Waals surface area contributed by atoms with Gasteiger partial charge in [0, 0.05) is 24.0 Å². The van der Waals surface area contributed by atoms with Crippen LogP contribution in [0.5, 0.6) is 0 Å². The summed E-state index contributed by atoms with van der Waals surface area (Å²) in [5, 5.41) is 12.6. The maximum Gasteiger partial charge on any atom is 0.340 e. The van der Waals surface area contributed by atoms with E-state index in [1.807, 2.05) is 6.07 Å². The molecular weight excluding hydrogens is 320 g/mol. The third-order valence-corrected chi connectivity index (χ3v) is 3.10. The molecule has 3 aromatic rings. The number of rotatable bonds is 5. The molecule has 1 amide bonds. The van der Waals surface area contributed by atoms with Gasteiger partial charge in [-0.25, -0.2) is 5.43 Å². The zero-order valence-electron chi connectivity index (χ0n) is 12.9. The number of aromatic nitrogens is 3. The maximum atomic E-state index is 11.8. The lowest BCUT2D eigenvalue weighted by Crippen LogP contribution is -2.27. The van der Waals surface area contributed by atoms with Gasteiger partial charge in [-0.05, 0) is 35.9 Å². The van der Waals surface area contributed by atoms with Crippen LogP contribution >= 0.6 is 0 Å². The average Bonchev–Trinajstić information content (AvgIpc) is 3.15. The van der Waals surface area contributed by atoms with Gasteiger partial charge in [0.2, 0.25) is 5.82 Å². The Balaban J connectivity index is 1.57. The molecule has 8 nitrogen and oxygen atoms in total. The minimum absolute atomic E-state index is 0.0556. The van der Waals surface area contributed by atoms with Crippen LogP contribution in [0.3, 0.4) is 0 Å². The molecule has 1 aromatic carbocycles. The number of hydrogen-bond acceptors (Lipinski definition) is 7. The molecule has 0 bridgehead atoms. The molecule has 2 heterocycles. The summed E-state index contributed by atoms with van der Waals surface area (Å²) >= 11 is 0. The van der Waals surface area contributed by atoms with Crippen LogP contribution in [0, 0.1) is 11.3 Å². The number of nitrogens with one attached hydrogen (secondary N) is 2. The van der Waals surface area contributed by atoms with E-state index in [2.05, 4.69) is 26.0 Å². The van der Waals surface area contributed by atoms with E-state index in [-0.39, 0.29) is 6.01 Å². The zero-order valence-corrected chi connectivity index (χ0v) is 12.9. The van der Waals surface area contributed by atoms with E-state index < -0.39 is 5.91 Å². The van der Waals surface area contributed by atoms with Crippen LogP contribution in [0.4, 0.5) is 6.01 Å². The van der Waals surface area contributed by atoms with Gasteiger partial charge in [-0.1, -0.05) is 17.3 Å². The molecule has 122 valence electrons. The van der Waals surface area contributed by atoms with Crippen molar-refractivity contribution in [3.8, 4) is 17.5 Å². The second-order valence-electron chi connectivity index (χ2n) is 4.84. The molecule has 0 aliphatic carbocycles. The number of hydrogen-bond donors (Lipinski definition) is 2. The Hall–Kier alpha value is -3.99. The average molecular weight is 332 g/mol. The lowest BCUT2D eigenvalue weighted by Gasteiger charge is -2.00. The Morgan fingerprint density at radius 1 is 1.24 bits per heavy atom. The van der Waals surface area contributed by atoms with Crippen molar-refractivity contribution >= 4 is 18.0 Å². The van der Waals surface area contributed by atoms with Crippen molar-refractivity contribution in [2.24, 2.45) is 0 Å². The topological polar surface area (TPSA) is 117 Å². The molecule has 0 fully saturated rings. The van der Waals surface area contributed by atoms with Crippen LogP contribution in [0.15, 0.2) is 59.4 Å². The van der Waals surface area contributed by atoms with Gasteiger partial charge in [0.05, 0.1) is 11.6 Å². The van der Waals surface area contributed by atoms with Crippen LogP contribution in [-0.2, 0) is 4.79 Å². The van der Waals surface area contributed by atoms with Gasteiger partial charge in [-0.2, -0.15) is 10.2 Å². The third-order valence-electron chi connectivity index (χ3n) is 3.10. The Morgan fingerprint density at radius 3 is 2.88 bits per heavy atom. The minimum atomic E-state index is -0.411. The highest BCUT2D eigenvalue weighted by molar-refractivity contribution is 5.92. The first-order chi connectivity index (χ1) is 12.2. The number of benzene rings is 1. The quantitative estimate of drug-likeness (QED) is 0.543. The highest BCUT2D eigenvalue weighted by Gasteiger charge is 2.08. The zero-order chi connectivity index (χ0) is 17.5. The largest absolute Gasteiger partial charge is 0.340 e. The third kappa shape index (κ3) is 4.27. The summed E-state index contributed by atoms with van der Waals surface area (Å²) in [4.78, 5) is 19.8. The Bertz CT molecular complexity index is 943. The van der Waals surface area contributed by atoms with E-state index in [1.165, 1.54) is 6.08 Å². The number of carbonyl (C=O) groups is 1. The summed E-state index contributed by atoms with van der Waals surface area (Å²) < 4.78 is 5.00. The molecule has 0 saturated carbocycles. The summed E-state index contributed by atoms with van der Waals surface area (Å²) in [5.41, 5.74) is 6.96. The van der Waals surface area contributed by atoms with E-state index in [9.17, 15) is 4.79 Å². The van der Waals surface area contributed by atoms with Crippen molar-refractivity contribution in [1.29, 1.82) is 5.26 Å². The maximum absolute atomic E-state index is 11.8. The first-order valence-electron chi connectivity index (χ1n) is 7.23. The predicted molar refractivity (Wildman–Crippen MR) is 89.5 cm³/mol. The molecule has 2 aromatic heterocycles. The van der Waals surface area contributed by atoms with E-state index in [0.29, 0.717) is 11.4 Å². The number of hydrazine groups is 1. The van der Waals surface area contributed by atoms with E-state index in [4.69, 9.17) is 9.78 Å². The van der Waals surface area contributed by atoms with Crippen molar-refractivity contribution < 1.29 is 9.32 Å². The molecular formula is C17H12N6O2. The van der Waals surface area contributed by atoms with Crippen LogP contribution < -0.4 is 10.9 Å². The lowest BCUT2D eigenvalue weighted by atomic mass is 10.1. The first kappa shape index (κ1) is 15.9. The van der Waals surface area contributed by atoms with Gasteiger partial charge >= 0.3 is 6.01 Å². The Kier molecular flexibility index (Phi) is 4.78. The molecule has 2 N–H and O–H groups in total. The van der Waals surface area contributed by atoms with E-state index >= 15 is 0 Å². The monoisotopic (exact) mass is 332 g/mol. The van der Waals surface area contributed by atoms with Gasteiger partial charge in [-0.3, -0.25) is 15.2 Å². The summed E-state index contributed by atoms with van der Waals surface area (Å²) in [6.07, 6.45) is 6.15. The number of anilines is 1. The molecule has 0 spiro atoms. The highest BCUT2D eigenvalue weighted by Crippen LogP contribution is 2.15. The number of nitrogens with zero attached hydrogens (tertiary/aromatic N) is 4. The summed E-state index contributed by atoms with van der Waals surface area (Å²) in [5.74, 6) is -0.0333. The molecule has 25 heavy (non-hydrogen) atoms. The van der Waals surface area contributed by atoms with Crippen molar-refractivity contribution in [2.75, 3.05) is 5.43 Å². The van der Waals surface area contributed by atoms with Crippen LogP contribution in [0.1, 0.15) is 11.1 Å². The highest BCUT2D eigenvalue weighted by atomic mass is 16.5. The van der Waals surface area contributed by atoms with Gasteiger partial charge in [0.1, 0.15) is 0 Å². The fraction of sp³-hybridized carbons (Fsp3) is 0. The fourth-order valence-electron chi connectivity index (χ4n) is 1.93. The molecule has 0 saturated heterocycles. The van der Waals surface area contributed by atoms with Crippen molar-refractivity contribution in [3.63, 3.8) is 0 Å². The molecule has 0 atom stereocenters. The second-order valence-corrected chi connectivity index (χ2v) is 4.84. The molecule has 0 radical (unpaired) electrons. The van der Waals surface area contributed by atoms with Crippen LogP contribution in [0.25, 0.3) is 17.5 Å². The summed E-state index contributed by atoms with van der Waals surface area (Å²) in [6, 6.07) is 12.5. The lowest BCUT2D eigenvalue weighted by molar-refractivity contribution is -0.116. The smallest absolute Gasteiger partial charge is 0.313 e. The second kappa shape index (κ2) is 7.52. The van der Waals surface area contributed by atoms with Gasteiger partial charge < -0.3 is 4.52 Å². The van der Waals surface area contributed by atoms with Crippen LogP contribution in [-0.4, -0.2) is 21.0 Å². The van der Waals surface area contributed by atoms with Crippen molar-refractivity contribution in [2.45, 2.75) is 0 Å². The molecule has 8 heteroatoms. The van der Waals surface area contributed by atoms with E-state index in [1.54, 1.807) is 54.9 Å². The fourth-order valence-corrected chi connectivity index (χ4v) is 1.93. The van der Waals surface area contributed by atoms with E-state index in [0.717, 1.165) is 11.1 Å². The SMILES string of the molecule is N#Cc1cccc(/C=C/C(=O)NNc2nc(-c3ccncc3)no2)c1.